The van der Waals surface area contributed by atoms with Crippen LogP contribution in [0.1, 0.15) is 18.7 Å². The van der Waals surface area contributed by atoms with Crippen LogP contribution in [0.4, 0.5) is 4.79 Å². The van der Waals surface area contributed by atoms with Crippen LogP contribution < -0.4 is 20.1 Å². The number of rotatable bonds is 7. The van der Waals surface area contributed by atoms with E-state index in [2.05, 4.69) is 10.6 Å². The van der Waals surface area contributed by atoms with E-state index in [1.54, 1.807) is 19.1 Å². The quantitative estimate of drug-likeness (QED) is 0.653. The standard InChI is InChI=1S/C22H25N3O6/c1-3-28-21(26)19-15(23-22(27)24-20(19)18-9-6-10-29-18)12-25(2)11-14-13-30-16-7-4-5-8-17(16)31-14/h4-10,14,20H,3,11-13H2,1-2H3,(H2,23,24,27). The van der Waals surface area contributed by atoms with Gasteiger partial charge < -0.3 is 29.3 Å². The predicted molar refractivity (Wildman–Crippen MR) is 111 cm³/mol. The average molecular weight is 427 g/mol. The molecule has 2 aromatic rings. The topological polar surface area (TPSA) is 102 Å². The molecule has 2 unspecified atom stereocenters. The van der Waals surface area contributed by atoms with Crippen LogP contribution in [-0.4, -0.2) is 56.4 Å². The molecule has 0 saturated heterocycles. The lowest BCUT2D eigenvalue weighted by molar-refractivity contribution is -0.139. The maximum absolute atomic E-state index is 12.8. The molecular weight excluding hydrogens is 402 g/mol. The molecule has 4 rings (SSSR count). The Morgan fingerprint density at radius 1 is 1.23 bits per heavy atom. The monoisotopic (exact) mass is 427 g/mol. The number of hydrogen-bond acceptors (Lipinski definition) is 7. The molecule has 31 heavy (non-hydrogen) atoms. The molecule has 2 N–H and O–H groups in total. The zero-order valence-electron chi connectivity index (χ0n) is 17.4. The van der Waals surface area contributed by atoms with Gasteiger partial charge in [0.2, 0.25) is 0 Å². The van der Waals surface area contributed by atoms with Gasteiger partial charge in [-0.2, -0.15) is 0 Å². The van der Waals surface area contributed by atoms with Crippen LogP contribution in [0.15, 0.2) is 58.3 Å². The highest BCUT2D eigenvalue weighted by atomic mass is 16.6. The molecule has 0 bridgehead atoms. The minimum atomic E-state index is -0.729. The van der Waals surface area contributed by atoms with Gasteiger partial charge in [0.15, 0.2) is 11.5 Å². The Bertz CT molecular complexity index is 971. The Hall–Kier alpha value is -3.46. The Kier molecular flexibility index (Phi) is 6.13. The number of nitrogens with one attached hydrogen (secondary N) is 2. The zero-order chi connectivity index (χ0) is 21.8. The Labute approximate surface area is 179 Å². The molecule has 2 aliphatic rings. The first-order chi connectivity index (χ1) is 15.0. The lowest BCUT2D eigenvalue weighted by atomic mass is 10.00. The lowest BCUT2D eigenvalue weighted by Crippen LogP contribution is -2.49. The number of likely N-dealkylation sites (N-methyl/N-ethyl adjacent to an activating group) is 1. The van der Waals surface area contributed by atoms with Gasteiger partial charge in [0.05, 0.1) is 18.4 Å². The molecule has 1 aromatic heterocycles. The van der Waals surface area contributed by atoms with E-state index in [1.807, 2.05) is 36.2 Å². The normalized spacial score (nSPS) is 20.3. The Morgan fingerprint density at radius 3 is 2.77 bits per heavy atom. The van der Waals surface area contributed by atoms with E-state index in [-0.39, 0.29) is 12.7 Å². The fourth-order valence-corrected chi connectivity index (χ4v) is 3.70. The van der Waals surface area contributed by atoms with Crippen molar-refractivity contribution in [1.29, 1.82) is 0 Å². The average Bonchev–Trinajstić information content (AvgIpc) is 3.28. The number of benzene rings is 1. The van der Waals surface area contributed by atoms with Crippen LogP contribution in [-0.2, 0) is 9.53 Å². The first-order valence-electron chi connectivity index (χ1n) is 10.1. The number of fused-ring (bicyclic) bond motifs is 1. The summed E-state index contributed by atoms with van der Waals surface area (Å²) in [6.07, 6.45) is 1.31. The zero-order valence-corrected chi connectivity index (χ0v) is 17.4. The van der Waals surface area contributed by atoms with E-state index >= 15 is 0 Å². The van der Waals surface area contributed by atoms with Gasteiger partial charge in [0.1, 0.15) is 24.5 Å². The second kappa shape index (κ2) is 9.13. The predicted octanol–water partition coefficient (Wildman–Crippen LogP) is 2.22. The molecule has 164 valence electrons. The Balaban J connectivity index is 1.52. The van der Waals surface area contributed by atoms with Gasteiger partial charge in [-0.05, 0) is 38.2 Å². The van der Waals surface area contributed by atoms with E-state index in [1.165, 1.54) is 6.26 Å². The van der Waals surface area contributed by atoms with Crippen molar-refractivity contribution in [2.24, 2.45) is 0 Å². The van der Waals surface area contributed by atoms with Gasteiger partial charge in [-0.3, -0.25) is 4.90 Å². The van der Waals surface area contributed by atoms with Crippen molar-refractivity contribution in [3.8, 4) is 11.5 Å². The highest BCUT2D eigenvalue weighted by molar-refractivity contribution is 5.95. The van der Waals surface area contributed by atoms with E-state index in [0.717, 1.165) is 5.75 Å². The fraction of sp³-hybridized carbons (Fsp3) is 0.364. The minimum absolute atomic E-state index is 0.190. The minimum Gasteiger partial charge on any atom is -0.486 e. The molecule has 2 amide bonds. The van der Waals surface area contributed by atoms with Gasteiger partial charge in [0.25, 0.3) is 0 Å². The number of esters is 1. The fourth-order valence-electron chi connectivity index (χ4n) is 3.70. The van der Waals surface area contributed by atoms with E-state index in [9.17, 15) is 9.59 Å². The largest absolute Gasteiger partial charge is 0.486 e. The molecular formula is C22H25N3O6. The summed E-state index contributed by atoms with van der Waals surface area (Å²) in [6, 6.07) is 9.79. The first-order valence-corrected chi connectivity index (χ1v) is 10.1. The summed E-state index contributed by atoms with van der Waals surface area (Å²) in [6.45, 7) is 3.20. The van der Waals surface area contributed by atoms with Crippen molar-refractivity contribution in [2.45, 2.75) is 19.1 Å². The summed E-state index contributed by atoms with van der Waals surface area (Å²) in [5.41, 5.74) is 0.776. The van der Waals surface area contributed by atoms with Crippen LogP contribution in [0.2, 0.25) is 0 Å². The van der Waals surface area contributed by atoms with Crippen LogP contribution in [0.5, 0.6) is 11.5 Å². The molecule has 9 nitrogen and oxygen atoms in total. The number of para-hydroxylation sites is 2. The summed E-state index contributed by atoms with van der Waals surface area (Å²) in [5, 5.41) is 5.49. The number of urea groups is 1. The lowest BCUT2D eigenvalue weighted by Gasteiger charge is -2.32. The van der Waals surface area contributed by atoms with Gasteiger partial charge in [-0.1, -0.05) is 12.1 Å². The van der Waals surface area contributed by atoms with Crippen LogP contribution in [0, 0.1) is 0 Å². The molecule has 0 saturated carbocycles. The molecule has 0 aliphatic carbocycles. The summed E-state index contributed by atoms with van der Waals surface area (Å²) in [7, 11) is 1.88. The van der Waals surface area contributed by atoms with Crippen molar-refractivity contribution in [3.05, 3.63) is 59.7 Å². The van der Waals surface area contributed by atoms with Crippen molar-refractivity contribution >= 4 is 12.0 Å². The molecule has 9 heteroatoms. The third kappa shape index (κ3) is 4.66. The molecule has 2 aliphatic heterocycles. The maximum atomic E-state index is 12.8. The van der Waals surface area contributed by atoms with Gasteiger partial charge in [0, 0.05) is 18.8 Å². The third-order valence-electron chi connectivity index (χ3n) is 4.99. The highest BCUT2D eigenvalue weighted by Crippen LogP contribution is 2.31. The van der Waals surface area contributed by atoms with Crippen LogP contribution >= 0.6 is 0 Å². The van der Waals surface area contributed by atoms with Gasteiger partial charge >= 0.3 is 12.0 Å². The molecule has 0 radical (unpaired) electrons. The smallest absolute Gasteiger partial charge is 0.338 e. The third-order valence-corrected chi connectivity index (χ3v) is 4.99. The number of hydrogen-bond donors (Lipinski definition) is 2. The van der Waals surface area contributed by atoms with E-state index in [4.69, 9.17) is 18.6 Å². The second-order valence-corrected chi connectivity index (χ2v) is 7.35. The van der Waals surface area contributed by atoms with Crippen LogP contribution in [0.3, 0.4) is 0 Å². The highest BCUT2D eigenvalue weighted by Gasteiger charge is 2.36. The summed E-state index contributed by atoms with van der Waals surface area (Å²) in [4.78, 5) is 27.0. The van der Waals surface area contributed by atoms with Crippen LogP contribution in [0.25, 0.3) is 0 Å². The molecule has 3 heterocycles. The SMILES string of the molecule is CCOC(=O)C1=C(CN(C)CC2COc3ccccc3O2)NC(=O)NC1c1ccco1. The molecule has 0 fully saturated rings. The molecule has 0 spiro atoms. The maximum Gasteiger partial charge on any atom is 0.338 e. The number of nitrogens with zero attached hydrogens (tertiary/aromatic N) is 1. The van der Waals surface area contributed by atoms with Gasteiger partial charge in [-0.25, -0.2) is 9.59 Å². The molecule has 1 aromatic carbocycles. The molecule has 2 atom stereocenters. The summed E-state index contributed by atoms with van der Waals surface area (Å²) in [5.74, 6) is 1.37. The number of carbonyl (C=O) groups excluding carboxylic acids is 2. The van der Waals surface area contributed by atoms with E-state index in [0.29, 0.717) is 42.5 Å². The van der Waals surface area contributed by atoms with Crippen molar-refractivity contribution in [1.82, 2.24) is 15.5 Å². The van der Waals surface area contributed by atoms with Crippen molar-refractivity contribution in [3.63, 3.8) is 0 Å². The Morgan fingerprint density at radius 2 is 2.03 bits per heavy atom. The summed E-state index contributed by atoms with van der Waals surface area (Å²) >= 11 is 0. The van der Waals surface area contributed by atoms with Crippen molar-refractivity contribution in [2.75, 3.05) is 33.4 Å². The number of furan rings is 1. The van der Waals surface area contributed by atoms with Crippen molar-refractivity contribution < 1.29 is 28.2 Å². The summed E-state index contributed by atoms with van der Waals surface area (Å²) < 4.78 is 22.5. The first kappa shape index (κ1) is 20.8. The number of ether oxygens (including phenoxy) is 3. The second-order valence-electron chi connectivity index (χ2n) is 7.35. The van der Waals surface area contributed by atoms with E-state index < -0.39 is 18.0 Å². The van der Waals surface area contributed by atoms with Gasteiger partial charge in [-0.15, -0.1) is 0 Å². The number of amides is 2. The number of carbonyl (C=O) groups is 2.